The molecule has 0 bridgehead atoms. The molecule has 0 atom stereocenters. The quantitative estimate of drug-likeness (QED) is 0.385. The summed E-state index contributed by atoms with van der Waals surface area (Å²) in [6.07, 6.45) is 2.79. The third-order valence-electron chi connectivity index (χ3n) is 5.18. The molecule has 1 aromatic heterocycles. The third-order valence-corrected chi connectivity index (χ3v) is 5.41. The van der Waals surface area contributed by atoms with E-state index in [1.807, 2.05) is 48.5 Å². The van der Waals surface area contributed by atoms with Crippen LogP contribution in [0.5, 0.6) is 17.2 Å². The summed E-state index contributed by atoms with van der Waals surface area (Å²) < 4.78 is 11.8. The van der Waals surface area contributed by atoms with Gasteiger partial charge in [0, 0.05) is 10.7 Å². The van der Waals surface area contributed by atoms with Gasteiger partial charge in [-0.05, 0) is 60.7 Å². The summed E-state index contributed by atoms with van der Waals surface area (Å²) in [6, 6.07) is 18.4. The van der Waals surface area contributed by atoms with Crippen LogP contribution >= 0.6 is 11.6 Å². The SMILES string of the molecule is C=CC(=O)N1CCOc2c1ccc1ncnc(Nc3ccc(Oc4cccc(Cl)c4)cc3)c21. The van der Waals surface area contributed by atoms with Crippen LogP contribution in [0.3, 0.4) is 0 Å². The van der Waals surface area contributed by atoms with E-state index in [0.29, 0.717) is 57.8 Å². The van der Waals surface area contributed by atoms with E-state index in [1.54, 1.807) is 17.0 Å². The molecule has 0 unspecified atom stereocenters. The highest BCUT2D eigenvalue weighted by atomic mass is 35.5. The predicted molar refractivity (Wildman–Crippen MR) is 129 cm³/mol. The number of ether oxygens (including phenoxy) is 2. The van der Waals surface area contributed by atoms with Gasteiger partial charge in [0.1, 0.15) is 30.3 Å². The third kappa shape index (κ3) is 4.18. The van der Waals surface area contributed by atoms with Gasteiger partial charge in [0.15, 0.2) is 5.75 Å². The highest BCUT2D eigenvalue weighted by molar-refractivity contribution is 6.30. The Kier molecular flexibility index (Phi) is 5.54. The Bertz CT molecular complexity index is 1360. The molecule has 2 heterocycles. The maximum atomic E-state index is 12.3. The summed E-state index contributed by atoms with van der Waals surface area (Å²) in [7, 11) is 0. The molecule has 0 saturated heterocycles. The summed E-state index contributed by atoms with van der Waals surface area (Å²) in [5.74, 6) is 2.30. The van der Waals surface area contributed by atoms with Gasteiger partial charge in [-0.1, -0.05) is 24.2 Å². The molecule has 1 aliphatic rings. The van der Waals surface area contributed by atoms with Gasteiger partial charge in [-0.3, -0.25) is 4.79 Å². The van der Waals surface area contributed by atoms with Crippen LogP contribution in [0.15, 0.2) is 79.6 Å². The van der Waals surface area contributed by atoms with Gasteiger partial charge in [0.25, 0.3) is 5.91 Å². The van der Waals surface area contributed by atoms with E-state index < -0.39 is 0 Å². The van der Waals surface area contributed by atoms with E-state index in [2.05, 4.69) is 21.9 Å². The molecule has 7 nitrogen and oxygen atoms in total. The zero-order valence-corrected chi connectivity index (χ0v) is 18.2. The van der Waals surface area contributed by atoms with E-state index in [4.69, 9.17) is 21.1 Å². The lowest BCUT2D eigenvalue weighted by atomic mass is 10.1. The van der Waals surface area contributed by atoms with Gasteiger partial charge < -0.3 is 19.7 Å². The monoisotopic (exact) mass is 458 g/mol. The number of aromatic nitrogens is 2. The molecular formula is C25H19ClN4O3. The number of nitrogens with zero attached hydrogens (tertiary/aromatic N) is 3. The number of carbonyl (C=O) groups is 1. The molecule has 0 aliphatic carbocycles. The molecule has 1 N–H and O–H groups in total. The average Bonchev–Trinajstić information content (AvgIpc) is 2.84. The number of amides is 1. The number of fused-ring (bicyclic) bond motifs is 3. The summed E-state index contributed by atoms with van der Waals surface area (Å²) in [6.45, 7) is 4.42. The lowest BCUT2D eigenvalue weighted by molar-refractivity contribution is -0.114. The number of halogens is 1. The molecule has 1 amide bonds. The molecule has 4 aromatic rings. The maximum absolute atomic E-state index is 12.3. The Morgan fingerprint density at radius 1 is 1.12 bits per heavy atom. The van der Waals surface area contributed by atoms with Crippen LogP contribution in [0.4, 0.5) is 17.2 Å². The summed E-state index contributed by atoms with van der Waals surface area (Å²) in [5.41, 5.74) is 2.18. The fourth-order valence-corrected chi connectivity index (χ4v) is 3.85. The van der Waals surface area contributed by atoms with Gasteiger partial charge in [-0.15, -0.1) is 0 Å². The van der Waals surface area contributed by atoms with Crippen molar-refractivity contribution in [1.82, 2.24) is 9.97 Å². The summed E-state index contributed by atoms with van der Waals surface area (Å²) in [4.78, 5) is 22.7. The van der Waals surface area contributed by atoms with Crippen molar-refractivity contribution in [2.24, 2.45) is 0 Å². The van der Waals surface area contributed by atoms with E-state index in [9.17, 15) is 4.79 Å². The number of benzene rings is 3. The number of hydrogen-bond donors (Lipinski definition) is 1. The van der Waals surface area contributed by atoms with Crippen molar-refractivity contribution in [2.45, 2.75) is 0 Å². The predicted octanol–water partition coefficient (Wildman–Crippen LogP) is 5.73. The summed E-state index contributed by atoms with van der Waals surface area (Å²) in [5, 5.41) is 4.64. The zero-order chi connectivity index (χ0) is 22.8. The first-order valence-corrected chi connectivity index (χ1v) is 10.6. The van der Waals surface area contributed by atoms with Crippen molar-refractivity contribution in [3.05, 3.63) is 84.7 Å². The molecule has 5 rings (SSSR count). The normalized spacial score (nSPS) is 12.6. The fraction of sp³-hybridized carbons (Fsp3) is 0.0800. The Morgan fingerprint density at radius 3 is 2.76 bits per heavy atom. The molecule has 3 aromatic carbocycles. The zero-order valence-electron chi connectivity index (χ0n) is 17.5. The van der Waals surface area contributed by atoms with Gasteiger partial charge in [0.05, 0.1) is 23.1 Å². The van der Waals surface area contributed by atoms with Crippen molar-refractivity contribution >= 4 is 45.6 Å². The molecule has 0 radical (unpaired) electrons. The molecule has 0 saturated carbocycles. The minimum absolute atomic E-state index is 0.180. The minimum atomic E-state index is -0.180. The van der Waals surface area contributed by atoms with Gasteiger partial charge in [0.2, 0.25) is 0 Å². The van der Waals surface area contributed by atoms with Crippen LogP contribution in [0.2, 0.25) is 5.02 Å². The first-order valence-electron chi connectivity index (χ1n) is 10.3. The second kappa shape index (κ2) is 8.80. The molecule has 0 spiro atoms. The van der Waals surface area contributed by atoms with E-state index in [0.717, 1.165) is 5.69 Å². The largest absolute Gasteiger partial charge is 0.489 e. The molecule has 33 heavy (non-hydrogen) atoms. The minimum Gasteiger partial charge on any atom is -0.489 e. The molecule has 0 fully saturated rings. The van der Waals surface area contributed by atoms with Crippen LogP contribution < -0.4 is 19.7 Å². The number of nitrogens with one attached hydrogen (secondary N) is 1. The number of anilines is 3. The maximum Gasteiger partial charge on any atom is 0.250 e. The number of rotatable bonds is 5. The second-order valence-electron chi connectivity index (χ2n) is 7.28. The Morgan fingerprint density at radius 2 is 1.97 bits per heavy atom. The molecular weight excluding hydrogens is 440 g/mol. The highest BCUT2D eigenvalue weighted by Gasteiger charge is 2.25. The Labute approximate surface area is 195 Å². The topological polar surface area (TPSA) is 76.6 Å². The molecule has 164 valence electrons. The number of carbonyl (C=O) groups excluding carboxylic acids is 1. The van der Waals surface area contributed by atoms with Crippen molar-refractivity contribution in [3.63, 3.8) is 0 Å². The van der Waals surface area contributed by atoms with Crippen molar-refractivity contribution < 1.29 is 14.3 Å². The summed E-state index contributed by atoms with van der Waals surface area (Å²) >= 11 is 6.02. The first-order chi connectivity index (χ1) is 16.1. The lowest BCUT2D eigenvalue weighted by Gasteiger charge is -2.29. The second-order valence-corrected chi connectivity index (χ2v) is 7.72. The Balaban J connectivity index is 1.45. The standard InChI is InChI=1S/C25H19ClN4O3/c1-2-22(31)30-12-13-32-24-21(30)11-10-20-23(24)25(28-15-27-20)29-17-6-8-18(9-7-17)33-19-5-3-4-16(26)14-19/h2-11,14-15H,1,12-13H2,(H,27,28,29). The van der Waals surface area contributed by atoms with Gasteiger partial charge in [-0.25, -0.2) is 9.97 Å². The van der Waals surface area contributed by atoms with Crippen LogP contribution in [0.1, 0.15) is 0 Å². The van der Waals surface area contributed by atoms with Crippen LogP contribution in [-0.4, -0.2) is 29.0 Å². The van der Waals surface area contributed by atoms with E-state index >= 15 is 0 Å². The van der Waals surface area contributed by atoms with Gasteiger partial charge >= 0.3 is 0 Å². The van der Waals surface area contributed by atoms with Crippen molar-refractivity contribution in [2.75, 3.05) is 23.4 Å². The molecule has 8 heteroatoms. The Hall–Kier alpha value is -4.10. The van der Waals surface area contributed by atoms with Crippen LogP contribution in [-0.2, 0) is 4.79 Å². The van der Waals surface area contributed by atoms with Crippen molar-refractivity contribution in [3.8, 4) is 17.2 Å². The van der Waals surface area contributed by atoms with E-state index in [-0.39, 0.29) is 5.91 Å². The lowest BCUT2D eigenvalue weighted by Crippen LogP contribution is -2.36. The smallest absolute Gasteiger partial charge is 0.250 e. The average molecular weight is 459 g/mol. The number of hydrogen-bond acceptors (Lipinski definition) is 6. The van der Waals surface area contributed by atoms with Gasteiger partial charge in [-0.2, -0.15) is 0 Å². The van der Waals surface area contributed by atoms with E-state index in [1.165, 1.54) is 12.4 Å². The van der Waals surface area contributed by atoms with Crippen molar-refractivity contribution in [1.29, 1.82) is 0 Å². The van der Waals surface area contributed by atoms with Crippen LogP contribution in [0, 0.1) is 0 Å². The fourth-order valence-electron chi connectivity index (χ4n) is 3.67. The highest BCUT2D eigenvalue weighted by Crippen LogP contribution is 2.41. The van der Waals surface area contributed by atoms with Crippen LogP contribution in [0.25, 0.3) is 10.9 Å². The first kappa shape index (κ1) is 20.8. The molecule has 1 aliphatic heterocycles.